The molecule has 0 saturated carbocycles. The van der Waals surface area contributed by atoms with Crippen LogP contribution in [0.25, 0.3) is 0 Å². The Morgan fingerprint density at radius 1 is 1.14 bits per heavy atom. The van der Waals surface area contributed by atoms with Crippen molar-refractivity contribution in [2.24, 2.45) is 5.73 Å². The first-order valence-corrected chi connectivity index (χ1v) is 6.53. The molecule has 0 aliphatic heterocycles. The first-order chi connectivity index (χ1) is 9.81. The van der Waals surface area contributed by atoms with Gasteiger partial charge in [0.25, 0.3) is 0 Å². The van der Waals surface area contributed by atoms with Crippen LogP contribution in [0.1, 0.15) is 16.7 Å². The Hall–Kier alpha value is -1.72. The predicted octanol–water partition coefficient (Wildman–Crippen LogP) is 4.92. The van der Waals surface area contributed by atoms with Crippen molar-refractivity contribution >= 4 is 11.6 Å². The Morgan fingerprint density at radius 3 is 2.48 bits per heavy atom. The molecule has 2 aromatic carbocycles. The van der Waals surface area contributed by atoms with Crippen LogP contribution in [0.15, 0.2) is 36.4 Å². The van der Waals surface area contributed by atoms with Gasteiger partial charge in [-0.3, -0.25) is 0 Å². The molecule has 0 spiro atoms. The van der Waals surface area contributed by atoms with E-state index in [9.17, 15) is 13.2 Å². The molecule has 0 amide bonds. The fraction of sp³-hybridized carbons (Fsp3) is 0.200. The zero-order valence-corrected chi connectivity index (χ0v) is 11.9. The molecule has 0 radical (unpaired) electrons. The molecule has 21 heavy (non-hydrogen) atoms. The smallest absolute Gasteiger partial charge is 0.416 e. The third-order valence-electron chi connectivity index (χ3n) is 2.92. The Labute approximate surface area is 125 Å². The van der Waals surface area contributed by atoms with Gasteiger partial charge in [-0.25, -0.2) is 0 Å². The van der Waals surface area contributed by atoms with Crippen LogP contribution in [0, 0.1) is 6.92 Å². The van der Waals surface area contributed by atoms with Crippen molar-refractivity contribution in [2.75, 3.05) is 0 Å². The maximum absolute atomic E-state index is 13.0. The molecule has 0 heterocycles. The minimum Gasteiger partial charge on any atom is -0.456 e. The zero-order valence-electron chi connectivity index (χ0n) is 11.2. The number of alkyl halides is 3. The van der Waals surface area contributed by atoms with Gasteiger partial charge in [0.1, 0.15) is 11.5 Å². The van der Waals surface area contributed by atoms with E-state index in [4.69, 9.17) is 22.1 Å². The summed E-state index contributed by atoms with van der Waals surface area (Å²) in [6, 6.07) is 8.75. The second-order valence-electron chi connectivity index (χ2n) is 4.56. The van der Waals surface area contributed by atoms with Gasteiger partial charge < -0.3 is 10.5 Å². The van der Waals surface area contributed by atoms with Crippen molar-refractivity contribution in [3.8, 4) is 11.5 Å². The summed E-state index contributed by atoms with van der Waals surface area (Å²) in [4.78, 5) is 0. The summed E-state index contributed by atoms with van der Waals surface area (Å²) in [5.74, 6) is 0.373. The first kappa shape index (κ1) is 15.7. The van der Waals surface area contributed by atoms with E-state index in [1.807, 2.05) is 6.92 Å². The number of halogens is 4. The van der Waals surface area contributed by atoms with Crippen molar-refractivity contribution in [1.29, 1.82) is 0 Å². The van der Waals surface area contributed by atoms with Gasteiger partial charge in [-0.05, 0) is 42.3 Å². The van der Waals surface area contributed by atoms with Crippen LogP contribution in [-0.4, -0.2) is 0 Å². The summed E-state index contributed by atoms with van der Waals surface area (Å²) in [5, 5.41) is 0.331. The molecule has 0 unspecified atom stereocenters. The third kappa shape index (κ3) is 3.68. The molecule has 2 rings (SSSR count). The van der Waals surface area contributed by atoms with Crippen LogP contribution >= 0.6 is 11.6 Å². The number of hydrogen-bond donors (Lipinski definition) is 1. The van der Waals surface area contributed by atoms with Gasteiger partial charge in [0.15, 0.2) is 0 Å². The lowest BCUT2D eigenvalue weighted by molar-refractivity contribution is -0.138. The maximum Gasteiger partial charge on any atom is 0.416 e. The van der Waals surface area contributed by atoms with E-state index in [1.165, 1.54) is 12.1 Å². The van der Waals surface area contributed by atoms with Crippen molar-refractivity contribution < 1.29 is 17.9 Å². The molecule has 0 aromatic heterocycles. The lowest BCUT2D eigenvalue weighted by Crippen LogP contribution is -2.12. The molecule has 0 fully saturated rings. The van der Waals surface area contributed by atoms with E-state index in [1.54, 1.807) is 18.2 Å². The quantitative estimate of drug-likeness (QED) is 0.872. The number of ether oxygens (including phenoxy) is 1. The maximum atomic E-state index is 13.0. The molecular weight excluding hydrogens is 303 g/mol. The van der Waals surface area contributed by atoms with Gasteiger partial charge in [0.2, 0.25) is 0 Å². The molecule has 2 aromatic rings. The number of rotatable bonds is 3. The van der Waals surface area contributed by atoms with E-state index >= 15 is 0 Å². The lowest BCUT2D eigenvalue weighted by atomic mass is 10.1. The lowest BCUT2D eigenvalue weighted by Gasteiger charge is -2.14. The van der Waals surface area contributed by atoms with Crippen molar-refractivity contribution in [2.45, 2.75) is 19.6 Å². The average Bonchev–Trinajstić information content (AvgIpc) is 2.42. The van der Waals surface area contributed by atoms with E-state index in [2.05, 4.69) is 0 Å². The fourth-order valence-corrected chi connectivity index (χ4v) is 2.03. The number of benzene rings is 2. The molecule has 2 nitrogen and oxygen atoms in total. The highest BCUT2D eigenvalue weighted by Crippen LogP contribution is 2.36. The molecular formula is C15H13ClF3NO. The zero-order chi connectivity index (χ0) is 15.6. The van der Waals surface area contributed by atoms with E-state index in [0.717, 1.165) is 11.6 Å². The van der Waals surface area contributed by atoms with Crippen molar-refractivity contribution in [3.05, 3.63) is 58.1 Å². The second kappa shape index (κ2) is 5.95. The Morgan fingerprint density at radius 2 is 1.86 bits per heavy atom. The highest BCUT2D eigenvalue weighted by atomic mass is 35.5. The van der Waals surface area contributed by atoms with Crippen LogP contribution in [-0.2, 0) is 12.7 Å². The van der Waals surface area contributed by atoms with Gasteiger partial charge in [-0.1, -0.05) is 23.7 Å². The SMILES string of the molecule is Cc1ccc(Cl)c(Oc2ccc(CN)c(C(F)(F)F)c2)c1. The minimum atomic E-state index is -4.48. The van der Waals surface area contributed by atoms with Crippen LogP contribution in [0.5, 0.6) is 11.5 Å². The third-order valence-corrected chi connectivity index (χ3v) is 3.23. The highest BCUT2D eigenvalue weighted by Gasteiger charge is 2.33. The van der Waals surface area contributed by atoms with Gasteiger partial charge in [-0.15, -0.1) is 0 Å². The van der Waals surface area contributed by atoms with E-state index in [-0.39, 0.29) is 17.9 Å². The van der Waals surface area contributed by atoms with Gasteiger partial charge in [0.05, 0.1) is 10.6 Å². The van der Waals surface area contributed by atoms with Crippen molar-refractivity contribution in [1.82, 2.24) is 0 Å². The first-order valence-electron chi connectivity index (χ1n) is 6.15. The summed E-state index contributed by atoms with van der Waals surface area (Å²) < 4.78 is 44.3. The second-order valence-corrected chi connectivity index (χ2v) is 4.96. The molecule has 6 heteroatoms. The average molecular weight is 316 g/mol. The molecule has 112 valence electrons. The minimum absolute atomic E-state index is 0.0187. The fourth-order valence-electron chi connectivity index (χ4n) is 1.88. The Balaban J connectivity index is 2.39. The van der Waals surface area contributed by atoms with Gasteiger partial charge in [0, 0.05) is 6.54 Å². The molecule has 0 aliphatic carbocycles. The van der Waals surface area contributed by atoms with E-state index in [0.29, 0.717) is 10.8 Å². The molecule has 2 N–H and O–H groups in total. The Kier molecular flexibility index (Phi) is 4.44. The summed E-state index contributed by atoms with van der Waals surface area (Å²) in [6.07, 6.45) is -4.48. The molecule has 0 saturated heterocycles. The monoisotopic (exact) mass is 315 g/mol. The summed E-state index contributed by atoms with van der Waals surface area (Å²) in [5.41, 5.74) is 5.44. The van der Waals surface area contributed by atoms with Gasteiger partial charge >= 0.3 is 6.18 Å². The molecule has 0 atom stereocenters. The topological polar surface area (TPSA) is 35.2 Å². The van der Waals surface area contributed by atoms with Crippen LogP contribution < -0.4 is 10.5 Å². The number of nitrogens with two attached hydrogens (primary N) is 1. The molecule has 0 bridgehead atoms. The number of hydrogen-bond acceptors (Lipinski definition) is 2. The highest BCUT2D eigenvalue weighted by molar-refractivity contribution is 6.32. The summed E-state index contributed by atoms with van der Waals surface area (Å²) in [7, 11) is 0. The Bertz CT molecular complexity index is 656. The largest absolute Gasteiger partial charge is 0.456 e. The number of aryl methyl sites for hydroxylation is 1. The summed E-state index contributed by atoms with van der Waals surface area (Å²) in [6.45, 7) is 1.64. The molecule has 0 aliphatic rings. The predicted molar refractivity (Wildman–Crippen MR) is 75.6 cm³/mol. The standard InChI is InChI=1S/C15H13ClF3NO/c1-9-2-5-13(16)14(6-9)21-11-4-3-10(8-20)12(7-11)15(17,18)19/h2-7H,8,20H2,1H3. The normalized spacial score (nSPS) is 11.5. The van der Waals surface area contributed by atoms with Crippen LogP contribution in [0.3, 0.4) is 0 Å². The van der Waals surface area contributed by atoms with Crippen molar-refractivity contribution in [3.63, 3.8) is 0 Å². The van der Waals surface area contributed by atoms with Crippen LogP contribution in [0.2, 0.25) is 5.02 Å². The van der Waals surface area contributed by atoms with Crippen LogP contribution in [0.4, 0.5) is 13.2 Å². The van der Waals surface area contributed by atoms with Gasteiger partial charge in [-0.2, -0.15) is 13.2 Å². The van der Waals surface area contributed by atoms with E-state index < -0.39 is 11.7 Å². The summed E-state index contributed by atoms with van der Waals surface area (Å²) >= 11 is 5.97.